The van der Waals surface area contributed by atoms with E-state index in [2.05, 4.69) is 21.2 Å². The van der Waals surface area contributed by atoms with Crippen LogP contribution in [-0.2, 0) is 9.53 Å². The molecule has 2 aromatic rings. The summed E-state index contributed by atoms with van der Waals surface area (Å²) in [5.74, 6) is -2.33. The number of nitrogens with one attached hydrogen (secondary N) is 1. The van der Waals surface area contributed by atoms with Gasteiger partial charge in [0.05, 0.1) is 5.02 Å². The fourth-order valence-corrected chi connectivity index (χ4v) is 2.25. The van der Waals surface area contributed by atoms with Gasteiger partial charge in [0.2, 0.25) is 0 Å². The summed E-state index contributed by atoms with van der Waals surface area (Å²) < 4.78 is 19.5. The second-order valence-electron chi connectivity index (χ2n) is 4.64. The molecule has 0 fully saturated rings. The Morgan fingerprint density at radius 3 is 2.48 bits per heavy atom. The highest BCUT2D eigenvalue weighted by Gasteiger charge is 2.23. The number of hydrogen-bond donors (Lipinski definition) is 1. The number of benzene rings is 2. The first-order chi connectivity index (χ1) is 10.9. The van der Waals surface area contributed by atoms with Crippen LogP contribution in [0.25, 0.3) is 0 Å². The molecule has 1 N–H and O–H groups in total. The third-order valence-corrected chi connectivity index (χ3v) is 3.78. The molecule has 2 rings (SSSR count). The van der Waals surface area contributed by atoms with Gasteiger partial charge in [-0.05, 0) is 43.3 Å². The lowest BCUT2D eigenvalue weighted by molar-refractivity contribution is -0.123. The predicted molar refractivity (Wildman–Crippen MR) is 89.1 cm³/mol. The van der Waals surface area contributed by atoms with Crippen molar-refractivity contribution in [3.63, 3.8) is 0 Å². The van der Waals surface area contributed by atoms with Crippen LogP contribution < -0.4 is 5.32 Å². The standard InChI is InChI=1S/C16H12BrClFNO3/c1-9(15(21)20-11-7-5-10(17)6-8-11)23-16(22)14-12(18)3-2-4-13(14)19/h2-9H,1H3,(H,20,21)/t9-/m1/s1. The average Bonchev–Trinajstić information content (AvgIpc) is 2.49. The topological polar surface area (TPSA) is 55.4 Å². The van der Waals surface area contributed by atoms with Crippen molar-refractivity contribution in [2.75, 3.05) is 5.32 Å². The first-order valence-electron chi connectivity index (χ1n) is 6.60. The number of anilines is 1. The number of rotatable bonds is 4. The van der Waals surface area contributed by atoms with Crippen molar-refractivity contribution in [2.24, 2.45) is 0 Å². The lowest BCUT2D eigenvalue weighted by Gasteiger charge is -2.14. The van der Waals surface area contributed by atoms with Gasteiger partial charge in [-0.2, -0.15) is 0 Å². The molecule has 0 aliphatic heterocycles. The molecule has 120 valence electrons. The van der Waals surface area contributed by atoms with Gasteiger partial charge < -0.3 is 10.1 Å². The fourth-order valence-electron chi connectivity index (χ4n) is 1.74. The lowest BCUT2D eigenvalue weighted by Crippen LogP contribution is -2.30. The largest absolute Gasteiger partial charge is 0.449 e. The molecule has 0 radical (unpaired) electrons. The van der Waals surface area contributed by atoms with Gasteiger partial charge in [0.1, 0.15) is 11.4 Å². The van der Waals surface area contributed by atoms with Crippen molar-refractivity contribution in [3.05, 3.63) is 63.3 Å². The molecule has 0 aromatic heterocycles. The molecule has 1 atom stereocenters. The van der Waals surface area contributed by atoms with Gasteiger partial charge in [-0.15, -0.1) is 0 Å². The van der Waals surface area contributed by atoms with Gasteiger partial charge in [-0.1, -0.05) is 33.6 Å². The normalized spacial score (nSPS) is 11.7. The van der Waals surface area contributed by atoms with Crippen LogP contribution in [0.5, 0.6) is 0 Å². The van der Waals surface area contributed by atoms with Gasteiger partial charge in [-0.3, -0.25) is 4.79 Å². The molecule has 0 heterocycles. The Morgan fingerprint density at radius 2 is 1.87 bits per heavy atom. The minimum atomic E-state index is -1.11. The summed E-state index contributed by atoms with van der Waals surface area (Å²) in [4.78, 5) is 24.0. The molecular formula is C16H12BrClFNO3. The van der Waals surface area contributed by atoms with Crippen LogP contribution in [0.15, 0.2) is 46.9 Å². The Kier molecular flexibility index (Phi) is 5.74. The summed E-state index contributed by atoms with van der Waals surface area (Å²) in [5.41, 5.74) is 0.155. The Morgan fingerprint density at radius 1 is 1.22 bits per heavy atom. The molecular weight excluding hydrogens is 389 g/mol. The van der Waals surface area contributed by atoms with E-state index < -0.39 is 29.4 Å². The highest BCUT2D eigenvalue weighted by Crippen LogP contribution is 2.21. The Labute approximate surface area is 145 Å². The van der Waals surface area contributed by atoms with Gasteiger partial charge in [0.25, 0.3) is 5.91 Å². The van der Waals surface area contributed by atoms with Gasteiger partial charge in [-0.25, -0.2) is 9.18 Å². The molecule has 0 unspecified atom stereocenters. The summed E-state index contributed by atoms with van der Waals surface area (Å²) in [6.45, 7) is 1.39. The Bertz CT molecular complexity index is 716. The highest BCUT2D eigenvalue weighted by molar-refractivity contribution is 9.10. The van der Waals surface area contributed by atoms with E-state index in [4.69, 9.17) is 16.3 Å². The zero-order chi connectivity index (χ0) is 17.0. The van der Waals surface area contributed by atoms with E-state index in [1.54, 1.807) is 24.3 Å². The molecule has 4 nitrogen and oxygen atoms in total. The van der Waals surface area contributed by atoms with Crippen molar-refractivity contribution in [3.8, 4) is 0 Å². The van der Waals surface area contributed by atoms with Gasteiger partial charge in [0, 0.05) is 10.2 Å². The zero-order valence-electron chi connectivity index (χ0n) is 12.0. The molecule has 0 saturated carbocycles. The number of carbonyl (C=O) groups excluding carboxylic acids is 2. The van der Waals surface area contributed by atoms with Crippen LogP contribution in [0.1, 0.15) is 17.3 Å². The number of esters is 1. The second kappa shape index (κ2) is 7.57. The summed E-state index contributed by atoms with van der Waals surface area (Å²) in [6.07, 6.45) is -1.11. The summed E-state index contributed by atoms with van der Waals surface area (Å²) in [5, 5.41) is 2.52. The number of carbonyl (C=O) groups is 2. The molecule has 0 bridgehead atoms. The molecule has 0 aliphatic carbocycles. The number of hydrogen-bond acceptors (Lipinski definition) is 3. The van der Waals surface area contributed by atoms with Crippen LogP contribution in [0, 0.1) is 5.82 Å². The summed E-state index contributed by atoms with van der Waals surface area (Å²) in [6, 6.07) is 10.7. The van der Waals surface area contributed by atoms with Crippen LogP contribution in [0.4, 0.5) is 10.1 Å². The van der Waals surface area contributed by atoms with E-state index in [-0.39, 0.29) is 5.02 Å². The third kappa shape index (κ3) is 4.53. The van der Waals surface area contributed by atoms with Gasteiger partial charge >= 0.3 is 5.97 Å². The first kappa shape index (κ1) is 17.4. The SMILES string of the molecule is C[C@@H](OC(=O)c1c(F)cccc1Cl)C(=O)Nc1ccc(Br)cc1. The van der Waals surface area contributed by atoms with Crippen molar-refractivity contribution >= 4 is 45.1 Å². The maximum absolute atomic E-state index is 13.6. The molecule has 1 amide bonds. The maximum atomic E-state index is 13.6. The monoisotopic (exact) mass is 399 g/mol. The van der Waals surface area contributed by atoms with Crippen molar-refractivity contribution in [2.45, 2.75) is 13.0 Å². The zero-order valence-corrected chi connectivity index (χ0v) is 14.3. The summed E-state index contributed by atoms with van der Waals surface area (Å²) in [7, 11) is 0. The third-order valence-electron chi connectivity index (χ3n) is 2.93. The van der Waals surface area contributed by atoms with Crippen LogP contribution in [-0.4, -0.2) is 18.0 Å². The lowest BCUT2D eigenvalue weighted by atomic mass is 10.2. The van der Waals surface area contributed by atoms with E-state index in [1.807, 2.05) is 0 Å². The average molecular weight is 401 g/mol. The molecule has 0 aliphatic rings. The van der Waals surface area contributed by atoms with Crippen molar-refractivity contribution in [1.82, 2.24) is 0 Å². The number of ether oxygens (including phenoxy) is 1. The van der Waals surface area contributed by atoms with Gasteiger partial charge in [0.15, 0.2) is 6.10 Å². The Hall–Kier alpha value is -1.92. The minimum absolute atomic E-state index is 0.0736. The van der Waals surface area contributed by atoms with E-state index in [9.17, 15) is 14.0 Å². The first-order valence-corrected chi connectivity index (χ1v) is 7.77. The Balaban J connectivity index is 2.03. The quantitative estimate of drug-likeness (QED) is 0.773. The summed E-state index contributed by atoms with van der Waals surface area (Å²) >= 11 is 9.07. The maximum Gasteiger partial charge on any atom is 0.343 e. The van der Waals surface area contributed by atoms with E-state index in [1.165, 1.54) is 19.1 Å². The van der Waals surface area contributed by atoms with Crippen molar-refractivity contribution < 1.29 is 18.7 Å². The fraction of sp³-hybridized carbons (Fsp3) is 0.125. The molecule has 0 spiro atoms. The van der Waals surface area contributed by atoms with Crippen LogP contribution in [0.3, 0.4) is 0 Å². The smallest absolute Gasteiger partial charge is 0.343 e. The van der Waals surface area contributed by atoms with E-state index in [0.29, 0.717) is 5.69 Å². The highest BCUT2D eigenvalue weighted by atomic mass is 79.9. The number of amides is 1. The predicted octanol–water partition coefficient (Wildman–Crippen LogP) is 4.43. The van der Waals surface area contributed by atoms with Crippen LogP contribution >= 0.6 is 27.5 Å². The van der Waals surface area contributed by atoms with E-state index >= 15 is 0 Å². The minimum Gasteiger partial charge on any atom is -0.449 e. The molecule has 23 heavy (non-hydrogen) atoms. The molecule has 7 heteroatoms. The van der Waals surface area contributed by atoms with E-state index in [0.717, 1.165) is 10.5 Å². The van der Waals surface area contributed by atoms with Crippen LogP contribution in [0.2, 0.25) is 5.02 Å². The molecule has 2 aromatic carbocycles. The second-order valence-corrected chi connectivity index (χ2v) is 5.96. The number of halogens is 3. The molecule has 0 saturated heterocycles. The van der Waals surface area contributed by atoms with Crippen molar-refractivity contribution in [1.29, 1.82) is 0 Å².